The molecule has 8 aromatic rings. The second kappa shape index (κ2) is 9.33. The second-order valence-electron chi connectivity index (χ2n) is 10.1. The zero-order valence-electron chi connectivity index (χ0n) is 21.7. The molecule has 188 valence electrons. The van der Waals surface area contributed by atoms with Crippen LogP contribution >= 0.6 is 11.3 Å². The molecule has 0 saturated heterocycles. The van der Waals surface area contributed by atoms with Gasteiger partial charge in [-0.05, 0) is 75.1 Å². The third-order valence-electron chi connectivity index (χ3n) is 7.73. The Hall–Kier alpha value is -4.99. The first kappa shape index (κ1) is 22.9. The Bertz CT molecular complexity index is 2160. The van der Waals surface area contributed by atoms with Gasteiger partial charge in [-0.25, -0.2) is 0 Å². The average molecular weight is 529 g/mol. The van der Waals surface area contributed by atoms with Gasteiger partial charge in [-0.3, -0.25) is 4.98 Å². The highest BCUT2D eigenvalue weighted by molar-refractivity contribution is 7.25. The summed E-state index contributed by atoms with van der Waals surface area (Å²) in [6.07, 6.45) is 3.85. The monoisotopic (exact) mass is 528 g/mol. The molecule has 0 amide bonds. The number of aromatic nitrogens is 1. The molecule has 0 bridgehead atoms. The number of thiophene rings is 1. The highest BCUT2D eigenvalue weighted by atomic mass is 32.1. The molecule has 0 atom stereocenters. The van der Waals surface area contributed by atoms with Crippen LogP contribution in [0, 0.1) is 0 Å². The molecule has 0 aliphatic heterocycles. The summed E-state index contributed by atoms with van der Waals surface area (Å²) >= 11 is 1.82. The van der Waals surface area contributed by atoms with Crippen LogP contribution in [0.15, 0.2) is 146 Å². The molecular weight excluding hydrogens is 504 g/mol. The smallest absolute Gasteiger partial charge is 0.0476 e. The van der Waals surface area contributed by atoms with Gasteiger partial charge < -0.3 is 4.90 Å². The van der Waals surface area contributed by atoms with Crippen molar-refractivity contribution in [2.45, 2.75) is 0 Å². The fraction of sp³-hybridized carbons (Fsp3) is 0. The van der Waals surface area contributed by atoms with Gasteiger partial charge in [-0.1, -0.05) is 91.0 Å². The standard InChI is InChI=1S/C37H24N2S/c1-2-6-25(7-3-1)26-12-14-29(15-13-26)39(31-17-19-34-35-24-38-21-20-36(35)40-37(34)23-31)30-16-18-33-28(22-30)11-10-27-8-4-5-9-32(27)33/h1-24H. The summed E-state index contributed by atoms with van der Waals surface area (Å²) in [5, 5.41) is 7.52. The molecule has 6 aromatic carbocycles. The molecule has 2 aromatic heterocycles. The zero-order chi connectivity index (χ0) is 26.5. The summed E-state index contributed by atoms with van der Waals surface area (Å²) in [5.74, 6) is 0. The summed E-state index contributed by atoms with van der Waals surface area (Å²) in [7, 11) is 0. The highest BCUT2D eigenvalue weighted by Gasteiger charge is 2.16. The number of anilines is 3. The van der Waals surface area contributed by atoms with Crippen LogP contribution in [-0.2, 0) is 0 Å². The van der Waals surface area contributed by atoms with Crippen molar-refractivity contribution < 1.29 is 0 Å². The molecule has 8 rings (SSSR count). The van der Waals surface area contributed by atoms with Crippen LogP contribution in [0.4, 0.5) is 17.1 Å². The van der Waals surface area contributed by atoms with Crippen molar-refractivity contribution in [1.29, 1.82) is 0 Å². The first-order chi connectivity index (χ1) is 19.8. The second-order valence-corrected chi connectivity index (χ2v) is 11.2. The Morgan fingerprint density at radius 3 is 2.00 bits per heavy atom. The molecule has 0 aliphatic carbocycles. The highest BCUT2D eigenvalue weighted by Crippen LogP contribution is 2.41. The van der Waals surface area contributed by atoms with Gasteiger partial charge in [0.2, 0.25) is 0 Å². The minimum absolute atomic E-state index is 1.13. The summed E-state index contributed by atoms with van der Waals surface area (Å²) < 4.78 is 2.52. The molecule has 0 radical (unpaired) electrons. The van der Waals surface area contributed by atoms with E-state index in [0.29, 0.717) is 0 Å². The number of rotatable bonds is 4. The third-order valence-corrected chi connectivity index (χ3v) is 8.87. The van der Waals surface area contributed by atoms with Gasteiger partial charge in [0.05, 0.1) is 0 Å². The number of fused-ring (bicyclic) bond motifs is 6. The lowest BCUT2D eigenvalue weighted by molar-refractivity contribution is 1.30. The minimum Gasteiger partial charge on any atom is -0.310 e. The van der Waals surface area contributed by atoms with Crippen LogP contribution in [0.5, 0.6) is 0 Å². The van der Waals surface area contributed by atoms with E-state index in [0.717, 1.165) is 17.1 Å². The van der Waals surface area contributed by atoms with Crippen molar-refractivity contribution in [2.24, 2.45) is 0 Å². The topological polar surface area (TPSA) is 16.1 Å². The summed E-state index contributed by atoms with van der Waals surface area (Å²) in [5.41, 5.74) is 5.83. The van der Waals surface area contributed by atoms with Gasteiger partial charge in [0.1, 0.15) is 0 Å². The van der Waals surface area contributed by atoms with Crippen molar-refractivity contribution >= 4 is 70.1 Å². The lowest BCUT2D eigenvalue weighted by Crippen LogP contribution is -2.09. The fourth-order valence-electron chi connectivity index (χ4n) is 5.77. The van der Waals surface area contributed by atoms with E-state index in [9.17, 15) is 0 Å². The lowest BCUT2D eigenvalue weighted by Gasteiger charge is -2.26. The summed E-state index contributed by atoms with van der Waals surface area (Å²) in [4.78, 5) is 6.73. The molecule has 40 heavy (non-hydrogen) atoms. The van der Waals surface area contributed by atoms with Crippen molar-refractivity contribution in [3.8, 4) is 11.1 Å². The van der Waals surface area contributed by atoms with Crippen molar-refractivity contribution in [3.05, 3.63) is 146 Å². The quantitative estimate of drug-likeness (QED) is 0.211. The molecular formula is C37H24N2S. The van der Waals surface area contributed by atoms with Crippen molar-refractivity contribution in [2.75, 3.05) is 4.90 Å². The van der Waals surface area contributed by atoms with Gasteiger partial charge >= 0.3 is 0 Å². The SMILES string of the molecule is c1ccc(-c2ccc(N(c3ccc4c(ccc5ccccc54)c3)c3ccc4c(c3)sc3ccncc34)cc2)cc1. The average Bonchev–Trinajstić information content (AvgIpc) is 3.40. The third kappa shape index (κ3) is 3.83. The Labute approximate surface area is 236 Å². The van der Waals surface area contributed by atoms with E-state index in [1.54, 1.807) is 0 Å². The predicted molar refractivity (Wildman–Crippen MR) is 172 cm³/mol. The van der Waals surface area contributed by atoms with Gasteiger partial charge in [0.25, 0.3) is 0 Å². The van der Waals surface area contributed by atoms with Crippen LogP contribution in [0.25, 0.3) is 52.8 Å². The Morgan fingerprint density at radius 2 is 1.12 bits per heavy atom. The predicted octanol–water partition coefficient (Wildman–Crippen LogP) is 10.9. The first-order valence-corrected chi connectivity index (χ1v) is 14.3. The van der Waals surface area contributed by atoms with E-state index < -0.39 is 0 Å². The number of benzene rings is 6. The molecule has 0 saturated carbocycles. The molecule has 0 N–H and O–H groups in total. The van der Waals surface area contributed by atoms with Crippen LogP contribution in [0.1, 0.15) is 0 Å². The molecule has 2 heterocycles. The molecule has 0 aliphatic rings. The molecule has 3 heteroatoms. The molecule has 0 spiro atoms. The maximum atomic E-state index is 4.37. The molecule has 2 nitrogen and oxygen atoms in total. The van der Waals surface area contributed by atoms with Gasteiger partial charge in [0, 0.05) is 49.6 Å². The van der Waals surface area contributed by atoms with Crippen molar-refractivity contribution in [1.82, 2.24) is 4.98 Å². The van der Waals surface area contributed by atoms with Crippen LogP contribution in [0.2, 0.25) is 0 Å². The zero-order valence-corrected chi connectivity index (χ0v) is 22.5. The van der Waals surface area contributed by atoms with E-state index in [2.05, 4.69) is 143 Å². The maximum Gasteiger partial charge on any atom is 0.0476 e. The fourth-order valence-corrected chi connectivity index (χ4v) is 6.87. The summed E-state index contributed by atoms with van der Waals surface area (Å²) in [6.45, 7) is 0. The number of hydrogen-bond donors (Lipinski definition) is 0. The van der Waals surface area contributed by atoms with Crippen LogP contribution in [0.3, 0.4) is 0 Å². The van der Waals surface area contributed by atoms with E-state index in [1.165, 1.54) is 52.8 Å². The Kier molecular flexibility index (Phi) is 5.35. The number of hydrogen-bond acceptors (Lipinski definition) is 3. The Morgan fingerprint density at radius 1 is 0.450 bits per heavy atom. The van der Waals surface area contributed by atoms with E-state index in [-0.39, 0.29) is 0 Å². The Balaban J connectivity index is 1.31. The molecule has 0 fully saturated rings. The van der Waals surface area contributed by atoms with Gasteiger partial charge in [-0.15, -0.1) is 11.3 Å². The lowest BCUT2D eigenvalue weighted by atomic mass is 10.0. The van der Waals surface area contributed by atoms with Crippen LogP contribution < -0.4 is 4.90 Å². The normalized spacial score (nSPS) is 11.5. The maximum absolute atomic E-state index is 4.37. The molecule has 0 unspecified atom stereocenters. The van der Waals surface area contributed by atoms with Gasteiger partial charge in [0.15, 0.2) is 0 Å². The van der Waals surface area contributed by atoms with E-state index in [1.807, 2.05) is 23.7 Å². The van der Waals surface area contributed by atoms with E-state index >= 15 is 0 Å². The van der Waals surface area contributed by atoms with Gasteiger partial charge in [-0.2, -0.15) is 0 Å². The largest absolute Gasteiger partial charge is 0.310 e. The first-order valence-electron chi connectivity index (χ1n) is 13.5. The van der Waals surface area contributed by atoms with Crippen LogP contribution in [-0.4, -0.2) is 4.98 Å². The van der Waals surface area contributed by atoms with Crippen molar-refractivity contribution in [3.63, 3.8) is 0 Å². The summed E-state index contributed by atoms with van der Waals surface area (Å²) in [6, 6.07) is 48.2. The minimum atomic E-state index is 1.13. The number of pyridine rings is 1. The number of nitrogens with zero attached hydrogens (tertiary/aromatic N) is 2. The van der Waals surface area contributed by atoms with E-state index in [4.69, 9.17) is 0 Å².